The zero-order valence-corrected chi connectivity index (χ0v) is 13.2. The lowest BCUT2D eigenvalue weighted by atomic mass is 10.1. The summed E-state index contributed by atoms with van der Waals surface area (Å²) in [6, 6.07) is 6.94. The van der Waals surface area contributed by atoms with Crippen molar-refractivity contribution in [1.29, 1.82) is 0 Å². The third-order valence-corrected chi connectivity index (χ3v) is 5.74. The Morgan fingerprint density at radius 1 is 1.33 bits per heavy atom. The number of sulfonamides is 1. The summed E-state index contributed by atoms with van der Waals surface area (Å²) < 4.78 is 27.1. The van der Waals surface area contributed by atoms with Crippen molar-refractivity contribution in [3.05, 3.63) is 60.9 Å². The maximum absolute atomic E-state index is 12.8. The normalized spacial score (nSPS) is 16.3. The number of hydrogen-bond donors (Lipinski definition) is 0. The number of hydrogen-bond acceptors (Lipinski definition) is 2. The third-order valence-electron chi connectivity index (χ3n) is 3.91. The minimum Gasteiger partial charge on any atom is -0.207 e. The van der Waals surface area contributed by atoms with Gasteiger partial charge in [0, 0.05) is 18.5 Å². The molecule has 0 heterocycles. The molecule has 0 atom stereocenters. The van der Waals surface area contributed by atoms with E-state index in [1.165, 1.54) is 4.31 Å². The van der Waals surface area contributed by atoms with Gasteiger partial charge in [-0.15, -0.1) is 12.3 Å². The van der Waals surface area contributed by atoms with E-state index in [-0.39, 0.29) is 12.0 Å². The van der Waals surface area contributed by atoms with Gasteiger partial charge in [-0.05, 0) is 38.0 Å². The lowest BCUT2D eigenvalue weighted by Crippen LogP contribution is -2.35. The molecule has 0 bridgehead atoms. The average Bonchev–Trinajstić information content (AvgIpc) is 3.24. The molecule has 0 unspecified atom stereocenters. The third kappa shape index (κ3) is 3.53. The minimum absolute atomic E-state index is 0.0627. The van der Waals surface area contributed by atoms with Crippen LogP contribution in [-0.2, 0) is 10.0 Å². The molecule has 0 N–H and O–H groups in total. The second-order valence-electron chi connectivity index (χ2n) is 5.59. The zero-order valence-electron chi connectivity index (χ0n) is 12.4. The summed E-state index contributed by atoms with van der Waals surface area (Å²) in [6.07, 6.45) is 5.51. The molecule has 0 saturated heterocycles. The molecule has 1 fully saturated rings. The highest BCUT2D eigenvalue weighted by Gasteiger charge is 2.43. The molecular weight excluding hydrogens is 282 g/mol. The Balaban J connectivity index is 2.31. The molecule has 1 saturated carbocycles. The Labute approximate surface area is 127 Å². The summed E-state index contributed by atoms with van der Waals surface area (Å²) in [5.41, 5.74) is 3.62. The number of benzene rings is 1. The molecule has 0 spiro atoms. The van der Waals surface area contributed by atoms with Gasteiger partial charge in [0.15, 0.2) is 0 Å². The molecule has 0 radical (unpaired) electrons. The van der Waals surface area contributed by atoms with Crippen LogP contribution < -0.4 is 0 Å². The SMILES string of the molecule is C=C=CCN(CC1(C=C)CC1)S(=O)(=O)c1ccc(C)cc1. The summed E-state index contributed by atoms with van der Waals surface area (Å²) in [7, 11) is -3.51. The van der Waals surface area contributed by atoms with Gasteiger partial charge in [-0.25, -0.2) is 8.42 Å². The Kier molecular flexibility index (Phi) is 4.52. The lowest BCUT2D eigenvalue weighted by Gasteiger charge is -2.24. The fraction of sp³-hybridized carbons (Fsp3) is 0.353. The molecule has 21 heavy (non-hydrogen) atoms. The number of rotatable bonds is 7. The van der Waals surface area contributed by atoms with Crippen molar-refractivity contribution in [2.45, 2.75) is 24.7 Å². The maximum atomic E-state index is 12.8. The maximum Gasteiger partial charge on any atom is 0.243 e. The summed E-state index contributed by atoms with van der Waals surface area (Å²) in [4.78, 5) is 0.324. The second-order valence-corrected chi connectivity index (χ2v) is 7.52. The van der Waals surface area contributed by atoms with E-state index in [1.54, 1.807) is 18.2 Å². The molecule has 0 amide bonds. The summed E-state index contributed by atoms with van der Waals surface area (Å²) in [6.45, 7) is 10.0. The summed E-state index contributed by atoms with van der Waals surface area (Å²) in [5.74, 6) is 0. The molecule has 0 aliphatic heterocycles. The molecule has 112 valence electrons. The van der Waals surface area contributed by atoms with E-state index < -0.39 is 10.0 Å². The predicted octanol–water partition coefficient (Wildman–Crippen LogP) is 3.29. The van der Waals surface area contributed by atoms with Gasteiger partial charge in [0.05, 0.1) is 4.90 Å². The van der Waals surface area contributed by atoms with Gasteiger partial charge in [-0.3, -0.25) is 0 Å². The van der Waals surface area contributed by atoms with Gasteiger partial charge in [0.2, 0.25) is 10.0 Å². The molecule has 1 aromatic carbocycles. The largest absolute Gasteiger partial charge is 0.243 e. The van der Waals surface area contributed by atoms with E-state index in [9.17, 15) is 8.42 Å². The van der Waals surface area contributed by atoms with Crippen LogP contribution in [0.15, 0.2) is 60.2 Å². The average molecular weight is 303 g/mol. The molecule has 1 aromatic rings. The molecule has 0 aromatic heterocycles. The van der Waals surface area contributed by atoms with Gasteiger partial charge in [-0.1, -0.05) is 30.4 Å². The summed E-state index contributed by atoms with van der Waals surface area (Å²) >= 11 is 0. The lowest BCUT2D eigenvalue weighted by molar-refractivity contribution is 0.388. The Morgan fingerprint density at radius 2 is 1.95 bits per heavy atom. The fourth-order valence-electron chi connectivity index (χ4n) is 2.21. The van der Waals surface area contributed by atoms with Crippen molar-refractivity contribution in [2.24, 2.45) is 5.41 Å². The Bertz CT molecular complexity index is 663. The quantitative estimate of drug-likeness (QED) is 0.572. The van der Waals surface area contributed by atoms with Gasteiger partial charge >= 0.3 is 0 Å². The van der Waals surface area contributed by atoms with E-state index in [2.05, 4.69) is 18.9 Å². The van der Waals surface area contributed by atoms with E-state index in [0.717, 1.165) is 18.4 Å². The van der Waals surface area contributed by atoms with Crippen molar-refractivity contribution in [3.63, 3.8) is 0 Å². The number of aryl methyl sites for hydroxylation is 1. The van der Waals surface area contributed by atoms with Crippen molar-refractivity contribution < 1.29 is 8.42 Å². The van der Waals surface area contributed by atoms with E-state index >= 15 is 0 Å². The van der Waals surface area contributed by atoms with Crippen molar-refractivity contribution in [1.82, 2.24) is 4.31 Å². The number of nitrogens with zero attached hydrogens (tertiary/aromatic N) is 1. The van der Waals surface area contributed by atoms with Crippen molar-refractivity contribution >= 4 is 10.0 Å². The van der Waals surface area contributed by atoms with E-state index in [0.29, 0.717) is 11.4 Å². The second kappa shape index (κ2) is 6.02. The molecule has 1 aliphatic rings. The molecule has 4 heteroatoms. The van der Waals surface area contributed by atoms with Crippen LogP contribution in [0.1, 0.15) is 18.4 Å². The Morgan fingerprint density at radius 3 is 2.43 bits per heavy atom. The van der Waals surface area contributed by atoms with E-state index in [4.69, 9.17) is 0 Å². The standard InChI is InChI=1S/C17H21NO2S/c1-4-6-13-18(14-17(5-2)11-12-17)21(19,20)16-9-7-15(3)8-10-16/h5-10H,1-2,11-14H2,3H3. The molecule has 2 rings (SSSR count). The highest BCUT2D eigenvalue weighted by atomic mass is 32.2. The van der Waals surface area contributed by atoms with Crippen LogP contribution in [0.5, 0.6) is 0 Å². The minimum atomic E-state index is -3.51. The van der Waals surface area contributed by atoms with Gasteiger partial charge in [0.25, 0.3) is 0 Å². The highest BCUT2D eigenvalue weighted by molar-refractivity contribution is 7.89. The topological polar surface area (TPSA) is 37.4 Å². The van der Waals surface area contributed by atoms with Crippen LogP contribution >= 0.6 is 0 Å². The predicted molar refractivity (Wildman–Crippen MR) is 85.5 cm³/mol. The van der Waals surface area contributed by atoms with Crippen molar-refractivity contribution in [3.8, 4) is 0 Å². The zero-order chi connectivity index (χ0) is 15.5. The highest BCUT2D eigenvalue weighted by Crippen LogP contribution is 2.47. The van der Waals surface area contributed by atoms with Crippen LogP contribution in [0.25, 0.3) is 0 Å². The van der Waals surface area contributed by atoms with Crippen LogP contribution in [0, 0.1) is 12.3 Å². The Hall–Kier alpha value is -1.61. The smallest absolute Gasteiger partial charge is 0.207 e. The van der Waals surface area contributed by atoms with Crippen molar-refractivity contribution in [2.75, 3.05) is 13.1 Å². The van der Waals surface area contributed by atoms with E-state index in [1.807, 2.05) is 25.1 Å². The first-order valence-electron chi connectivity index (χ1n) is 6.98. The molecular formula is C17H21NO2S. The molecule has 3 nitrogen and oxygen atoms in total. The van der Waals surface area contributed by atoms with Gasteiger partial charge < -0.3 is 0 Å². The summed E-state index contributed by atoms with van der Waals surface area (Å²) in [5, 5.41) is 0. The van der Waals surface area contributed by atoms with Crippen LogP contribution in [-0.4, -0.2) is 25.8 Å². The first-order valence-corrected chi connectivity index (χ1v) is 8.42. The van der Waals surface area contributed by atoms with Crippen LogP contribution in [0.2, 0.25) is 0 Å². The van der Waals surface area contributed by atoms with Gasteiger partial charge in [-0.2, -0.15) is 4.31 Å². The first kappa shape index (κ1) is 15.8. The van der Waals surface area contributed by atoms with Crippen LogP contribution in [0.3, 0.4) is 0 Å². The molecule has 1 aliphatic carbocycles. The monoisotopic (exact) mass is 303 g/mol. The van der Waals surface area contributed by atoms with Gasteiger partial charge in [0.1, 0.15) is 0 Å². The first-order chi connectivity index (χ1) is 9.93. The fourth-order valence-corrected chi connectivity index (χ4v) is 3.69. The van der Waals surface area contributed by atoms with Crippen LogP contribution in [0.4, 0.5) is 0 Å².